The molecule has 1 aromatic carbocycles. The van der Waals surface area contributed by atoms with Crippen molar-refractivity contribution in [1.82, 2.24) is 15.2 Å². The number of nitrogens with zero attached hydrogens (tertiary/aromatic N) is 3. The number of benzene rings is 1. The van der Waals surface area contributed by atoms with Crippen molar-refractivity contribution in [3.63, 3.8) is 0 Å². The summed E-state index contributed by atoms with van der Waals surface area (Å²) in [7, 11) is 1.00. The average Bonchev–Trinajstić information content (AvgIpc) is 3.35. The van der Waals surface area contributed by atoms with E-state index in [1.807, 2.05) is 17.2 Å². The Balaban J connectivity index is 0.000000384. The third-order valence-corrected chi connectivity index (χ3v) is 6.11. The normalized spacial score (nSPS) is 18.3. The number of amidine groups is 1. The first-order chi connectivity index (χ1) is 17.2. The van der Waals surface area contributed by atoms with E-state index in [9.17, 15) is 18.4 Å². The number of ether oxygens (including phenoxy) is 1. The van der Waals surface area contributed by atoms with E-state index >= 15 is 0 Å². The zero-order chi connectivity index (χ0) is 26.7. The predicted octanol–water partition coefficient (Wildman–Crippen LogP) is 3.40. The van der Waals surface area contributed by atoms with Crippen molar-refractivity contribution >= 4 is 41.0 Å². The first kappa shape index (κ1) is 29.5. The molecule has 0 radical (unpaired) electrons. The molecule has 3 heterocycles. The number of aliphatic hydroxyl groups excluding tert-OH is 1. The maximum atomic E-state index is 14.2. The molecule has 2 N–H and O–H groups in total. The Hall–Kier alpha value is -2.73. The van der Waals surface area contributed by atoms with Gasteiger partial charge in [-0.05, 0) is 32.0 Å². The second-order valence-electron chi connectivity index (χ2n) is 7.84. The van der Waals surface area contributed by atoms with Gasteiger partial charge in [-0.2, -0.15) is 0 Å². The fraction of sp³-hybridized carbons (Fsp3) is 0.417. The molecule has 2 aliphatic heterocycles. The molecule has 2 aromatic rings. The van der Waals surface area contributed by atoms with Gasteiger partial charge in [-0.15, -0.1) is 11.3 Å². The lowest BCUT2D eigenvalue weighted by Crippen LogP contribution is -2.60. The number of alkyl halides is 1. The summed E-state index contributed by atoms with van der Waals surface area (Å²) in [6.45, 7) is 4.50. The van der Waals surface area contributed by atoms with E-state index in [4.69, 9.17) is 21.4 Å². The van der Waals surface area contributed by atoms with Gasteiger partial charge in [-0.3, -0.25) is 9.89 Å². The van der Waals surface area contributed by atoms with Gasteiger partial charge in [0.05, 0.1) is 18.2 Å². The molecule has 12 heteroatoms. The summed E-state index contributed by atoms with van der Waals surface area (Å²) in [5, 5.41) is 13.2. The first-order valence-electron chi connectivity index (χ1n) is 11.1. The van der Waals surface area contributed by atoms with Gasteiger partial charge < -0.3 is 20.0 Å². The molecule has 1 aromatic heterocycles. The zero-order valence-corrected chi connectivity index (χ0v) is 21.8. The summed E-state index contributed by atoms with van der Waals surface area (Å²) in [6.07, 6.45) is 2.18. The number of carbonyl (C=O) groups is 2. The summed E-state index contributed by atoms with van der Waals surface area (Å²) in [5.41, 5.74) is -0.387. The lowest BCUT2D eigenvalue weighted by Gasteiger charge is -2.44. The molecule has 1 saturated heterocycles. The summed E-state index contributed by atoms with van der Waals surface area (Å²) in [4.78, 5) is 33.6. The smallest absolute Gasteiger partial charge is 0.338 e. The van der Waals surface area contributed by atoms with Crippen molar-refractivity contribution in [2.75, 3.05) is 33.4 Å². The lowest BCUT2D eigenvalue weighted by molar-refractivity contribution is -0.138. The lowest BCUT2D eigenvalue weighted by atomic mass is 9.92. The number of nitrogens with one attached hydrogen (secondary N) is 1. The van der Waals surface area contributed by atoms with Crippen LogP contribution in [0.15, 0.2) is 52.1 Å². The minimum atomic E-state index is -1.47. The first-order valence-corrected chi connectivity index (χ1v) is 12.4. The second-order valence-corrected chi connectivity index (χ2v) is 9.17. The van der Waals surface area contributed by atoms with Crippen LogP contribution in [-0.2, 0) is 14.3 Å². The molecule has 0 spiro atoms. The van der Waals surface area contributed by atoms with Gasteiger partial charge in [0.2, 0.25) is 0 Å². The molecule has 196 valence electrons. The van der Waals surface area contributed by atoms with Crippen LogP contribution in [0.3, 0.4) is 0 Å². The van der Waals surface area contributed by atoms with E-state index in [1.165, 1.54) is 23.5 Å². The highest BCUT2D eigenvalue weighted by molar-refractivity contribution is 7.11. The van der Waals surface area contributed by atoms with Crippen LogP contribution in [0.4, 0.5) is 8.78 Å². The number of aldehydes is 1. The van der Waals surface area contributed by atoms with Gasteiger partial charge >= 0.3 is 5.97 Å². The summed E-state index contributed by atoms with van der Waals surface area (Å²) >= 11 is 6.85. The van der Waals surface area contributed by atoms with Gasteiger partial charge in [-0.25, -0.2) is 18.6 Å². The number of esters is 1. The van der Waals surface area contributed by atoms with Gasteiger partial charge in [-0.1, -0.05) is 17.7 Å². The van der Waals surface area contributed by atoms with Crippen LogP contribution in [0.1, 0.15) is 25.3 Å². The number of aliphatic hydroxyl groups is 1. The van der Waals surface area contributed by atoms with E-state index in [1.54, 1.807) is 25.3 Å². The minimum absolute atomic E-state index is 0.108. The molecule has 0 saturated carbocycles. The highest BCUT2D eigenvalue weighted by Gasteiger charge is 2.44. The summed E-state index contributed by atoms with van der Waals surface area (Å²) in [6, 6.07) is 5.42. The molecule has 36 heavy (non-hydrogen) atoms. The van der Waals surface area contributed by atoms with E-state index in [-0.39, 0.29) is 31.9 Å². The summed E-state index contributed by atoms with van der Waals surface area (Å²) < 4.78 is 31.5. The van der Waals surface area contributed by atoms with Crippen molar-refractivity contribution in [3.8, 4) is 0 Å². The Morgan fingerprint density at radius 2 is 2.14 bits per heavy atom. The minimum Gasteiger partial charge on any atom is -0.463 e. The third-order valence-electron chi connectivity index (χ3n) is 5.10. The highest BCUT2D eigenvalue weighted by atomic mass is 35.5. The number of aliphatic imine (C=N–C) groups is 1. The average molecular weight is 543 g/mol. The predicted molar refractivity (Wildman–Crippen MR) is 135 cm³/mol. The van der Waals surface area contributed by atoms with Crippen LogP contribution in [0.5, 0.6) is 0 Å². The Kier molecular flexibility index (Phi) is 11.6. The maximum Gasteiger partial charge on any atom is 0.338 e. The fourth-order valence-corrected chi connectivity index (χ4v) is 4.42. The molecule has 0 aliphatic carbocycles. The maximum absolute atomic E-state index is 14.2. The molecule has 1 fully saturated rings. The van der Waals surface area contributed by atoms with Gasteiger partial charge in [0.1, 0.15) is 17.8 Å². The Morgan fingerprint density at radius 1 is 1.42 bits per heavy atom. The monoisotopic (exact) mass is 542 g/mol. The third kappa shape index (κ3) is 8.16. The van der Waals surface area contributed by atoms with Crippen molar-refractivity contribution in [3.05, 3.63) is 63.0 Å². The number of thiazole rings is 1. The molecule has 0 amide bonds. The van der Waals surface area contributed by atoms with E-state index in [2.05, 4.69) is 15.3 Å². The van der Waals surface area contributed by atoms with E-state index < -0.39 is 17.7 Å². The van der Waals surface area contributed by atoms with Crippen LogP contribution < -0.4 is 5.32 Å². The van der Waals surface area contributed by atoms with Crippen LogP contribution in [-0.4, -0.2) is 78.1 Å². The summed E-state index contributed by atoms with van der Waals surface area (Å²) in [5.74, 6) is -0.127. The van der Waals surface area contributed by atoms with E-state index in [0.717, 1.165) is 12.1 Å². The van der Waals surface area contributed by atoms with Gasteiger partial charge in [0, 0.05) is 55.5 Å². The van der Waals surface area contributed by atoms with Crippen LogP contribution in [0.2, 0.25) is 5.02 Å². The van der Waals surface area contributed by atoms with Gasteiger partial charge in [0.25, 0.3) is 0 Å². The Morgan fingerprint density at radius 3 is 2.67 bits per heavy atom. The largest absolute Gasteiger partial charge is 0.463 e. The van der Waals surface area contributed by atoms with Crippen LogP contribution in [0.25, 0.3) is 0 Å². The van der Waals surface area contributed by atoms with Crippen molar-refractivity contribution < 1.29 is 28.2 Å². The number of likely N-dealkylation sites (tertiary alicyclic amines) is 1. The van der Waals surface area contributed by atoms with Crippen molar-refractivity contribution in [1.29, 1.82) is 0 Å². The molecule has 0 bridgehead atoms. The number of carbonyl (C=O) groups excluding carboxylic acids is 2. The van der Waals surface area contributed by atoms with Crippen LogP contribution >= 0.6 is 22.9 Å². The Bertz CT molecular complexity index is 1060. The molecule has 1 atom stereocenters. The molecular weight excluding hydrogens is 514 g/mol. The number of hydrogen-bond donors (Lipinski definition) is 2. The Labute approximate surface area is 217 Å². The van der Waals surface area contributed by atoms with Crippen LogP contribution in [0, 0.1) is 5.82 Å². The van der Waals surface area contributed by atoms with E-state index in [0.29, 0.717) is 35.0 Å². The second kappa shape index (κ2) is 14.1. The fourth-order valence-electron chi connectivity index (χ4n) is 3.66. The number of rotatable bonds is 7. The topological polar surface area (TPSA) is 104 Å². The molecule has 4 rings (SSSR count). The quantitative estimate of drug-likeness (QED) is 0.408. The van der Waals surface area contributed by atoms with Gasteiger partial charge in [0.15, 0.2) is 10.8 Å². The standard InChI is InChI=1S/C17H21FN4O3S.C6H4ClF.CH4O/c1-3-25-16(24)13-11(2)20-14(15-19-5-7-26-15)21-12(13)8-22-9-17(18,10-22)4-6-23;7-5-2-1-3-6(8)4-5;1-2/h5-7,11H,3-4,8-10H2,1-2H3,(H,20,21);1-4H;2H,1H3/t11-;;/m0../s1. The number of hydrogen-bond acceptors (Lipinski definition) is 9. The molecule has 8 nitrogen and oxygen atoms in total. The molecule has 2 aliphatic rings. The SMILES string of the molecule is CCOC(=O)C1=C(CN2CC(F)(CC=O)C2)NC(c2nccs2)=N[C@H]1C.CO.Fc1cccc(Cl)c1. The number of aromatic nitrogens is 1. The highest BCUT2D eigenvalue weighted by Crippen LogP contribution is 2.30. The number of halogens is 3. The molecular formula is C24H29ClF2N4O4S. The van der Waals surface area contributed by atoms with Crippen molar-refractivity contribution in [2.45, 2.75) is 32.0 Å². The molecule has 0 unspecified atom stereocenters. The van der Waals surface area contributed by atoms with Crippen molar-refractivity contribution in [2.24, 2.45) is 4.99 Å². The zero-order valence-electron chi connectivity index (χ0n) is 20.2.